The first-order valence-electron chi connectivity index (χ1n) is 6.38. The first-order chi connectivity index (χ1) is 10.0. The highest BCUT2D eigenvalue weighted by molar-refractivity contribution is 6.05. The number of carbonyl (C=O) groups is 1. The van der Waals surface area contributed by atoms with E-state index in [1.54, 1.807) is 32.3 Å². The zero-order valence-corrected chi connectivity index (χ0v) is 11.8. The minimum atomic E-state index is -0.306. The zero-order valence-electron chi connectivity index (χ0n) is 11.8. The minimum Gasteiger partial charge on any atom is -0.504 e. The maximum atomic E-state index is 12.2. The Morgan fingerprint density at radius 2 is 1.62 bits per heavy atom. The SMILES string of the molecule is CNc1ccc(C(=O)Nc2ccc(O)c(O)c2)cc1NC. The van der Waals surface area contributed by atoms with Crippen LogP contribution >= 0.6 is 0 Å². The summed E-state index contributed by atoms with van der Waals surface area (Å²) in [5.41, 5.74) is 2.57. The van der Waals surface area contributed by atoms with E-state index in [9.17, 15) is 15.0 Å². The molecule has 2 aromatic rings. The van der Waals surface area contributed by atoms with E-state index in [1.165, 1.54) is 18.2 Å². The highest BCUT2D eigenvalue weighted by Crippen LogP contribution is 2.28. The van der Waals surface area contributed by atoms with Crippen LogP contribution in [0.1, 0.15) is 10.4 Å². The largest absolute Gasteiger partial charge is 0.504 e. The molecule has 0 aromatic heterocycles. The average molecular weight is 287 g/mol. The number of carbonyl (C=O) groups excluding carboxylic acids is 1. The van der Waals surface area contributed by atoms with Crippen molar-refractivity contribution < 1.29 is 15.0 Å². The molecule has 0 atom stereocenters. The highest BCUT2D eigenvalue weighted by atomic mass is 16.3. The Kier molecular flexibility index (Phi) is 4.18. The van der Waals surface area contributed by atoms with Gasteiger partial charge in [-0.25, -0.2) is 0 Å². The maximum Gasteiger partial charge on any atom is 0.255 e. The molecule has 0 unspecified atom stereocenters. The maximum absolute atomic E-state index is 12.2. The van der Waals surface area contributed by atoms with Crippen molar-refractivity contribution in [3.63, 3.8) is 0 Å². The molecule has 0 heterocycles. The van der Waals surface area contributed by atoms with E-state index >= 15 is 0 Å². The lowest BCUT2D eigenvalue weighted by Crippen LogP contribution is -2.12. The predicted molar refractivity (Wildman–Crippen MR) is 83.3 cm³/mol. The third kappa shape index (κ3) is 3.17. The fourth-order valence-corrected chi connectivity index (χ4v) is 1.91. The van der Waals surface area contributed by atoms with Gasteiger partial charge in [-0.1, -0.05) is 0 Å². The quantitative estimate of drug-likeness (QED) is 0.440. The van der Waals surface area contributed by atoms with E-state index in [1.807, 2.05) is 0 Å². The van der Waals surface area contributed by atoms with Crippen molar-refractivity contribution in [2.24, 2.45) is 0 Å². The van der Waals surface area contributed by atoms with Crippen LogP contribution in [0.15, 0.2) is 36.4 Å². The van der Waals surface area contributed by atoms with Gasteiger partial charge in [0.2, 0.25) is 0 Å². The second-order valence-corrected chi connectivity index (χ2v) is 4.42. The number of hydrogen-bond acceptors (Lipinski definition) is 5. The molecule has 0 fully saturated rings. The summed E-state index contributed by atoms with van der Waals surface area (Å²) in [6, 6.07) is 9.33. The third-order valence-electron chi connectivity index (χ3n) is 3.05. The second-order valence-electron chi connectivity index (χ2n) is 4.42. The van der Waals surface area contributed by atoms with Gasteiger partial charge in [0.1, 0.15) is 0 Å². The van der Waals surface area contributed by atoms with Crippen molar-refractivity contribution in [1.82, 2.24) is 0 Å². The lowest BCUT2D eigenvalue weighted by molar-refractivity contribution is 0.102. The lowest BCUT2D eigenvalue weighted by atomic mass is 10.1. The van der Waals surface area contributed by atoms with Crippen molar-refractivity contribution >= 4 is 23.0 Å². The fraction of sp³-hybridized carbons (Fsp3) is 0.133. The molecule has 5 N–H and O–H groups in total. The molecular formula is C15H17N3O3. The molecule has 0 aliphatic heterocycles. The van der Waals surface area contributed by atoms with Crippen LogP contribution in [-0.2, 0) is 0 Å². The Balaban J connectivity index is 2.21. The van der Waals surface area contributed by atoms with Gasteiger partial charge in [0.25, 0.3) is 5.91 Å². The molecule has 6 nitrogen and oxygen atoms in total. The van der Waals surface area contributed by atoms with Crippen LogP contribution in [0.3, 0.4) is 0 Å². The average Bonchev–Trinajstić information content (AvgIpc) is 2.50. The third-order valence-corrected chi connectivity index (χ3v) is 3.05. The number of rotatable bonds is 4. The van der Waals surface area contributed by atoms with E-state index < -0.39 is 0 Å². The summed E-state index contributed by atoms with van der Waals surface area (Å²) in [4.78, 5) is 12.2. The van der Waals surface area contributed by atoms with Crippen molar-refractivity contribution in [1.29, 1.82) is 0 Å². The summed E-state index contributed by atoms with van der Waals surface area (Å²) in [6.45, 7) is 0. The molecule has 0 aliphatic rings. The number of phenolic OH excluding ortho intramolecular Hbond substituents is 2. The van der Waals surface area contributed by atoms with E-state index in [0.717, 1.165) is 11.4 Å². The van der Waals surface area contributed by atoms with E-state index in [0.29, 0.717) is 11.3 Å². The summed E-state index contributed by atoms with van der Waals surface area (Å²) < 4.78 is 0. The summed E-state index contributed by atoms with van der Waals surface area (Å²) in [5, 5.41) is 27.3. The Hall–Kier alpha value is -2.89. The molecular weight excluding hydrogens is 270 g/mol. The van der Waals surface area contributed by atoms with E-state index in [4.69, 9.17) is 0 Å². The van der Waals surface area contributed by atoms with Gasteiger partial charge < -0.3 is 26.2 Å². The summed E-state index contributed by atoms with van der Waals surface area (Å²) in [5.74, 6) is -0.822. The number of nitrogens with one attached hydrogen (secondary N) is 3. The van der Waals surface area contributed by atoms with Crippen molar-refractivity contribution in [2.75, 3.05) is 30.0 Å². The number of benzene rings is 2. The molecule has 110 valence electrons. The zero-order chi connectivity index (χ0) is 15.4. The molecule has 1 amide bonds. The lowest BCUT2D eigenvalue weighted by Gasteiger charge is -2.11. The second kappa shape index (κ2) is 6.04. The van der Waals surface area contributed by atoms with Crippen LogP contribution in [0, 0.1) is 0 Å². The molecule has 0 radical (unpaired) electrons. The van der Waals surface area contributed by atoms with Gasteiger partial charge in [0, 0.05) is 31.4 Å². The number of aromatic hydroxyl groups is 2. The van der Waals surface area contributed by atoms with Gasteiger partial charge in [0.05, 0.1) is 11.4 Å². The number of anilines is 3. The van der Waals surface area contributed by atoms with Crippen LogP contribution in [0.5, 0.6) is 11.5 Å². The van der Waals surface area contributed by atoms with Crippen LogP contribution in [0.25, 0.3) is 0 Å². The van der Waals surface area contributed by atoms with Crippen molar-refractivity contribution in [3.8, 4) is 11.5 Å². The number of hydrogen-bond donors (Lipinski definition) is 5. The van der Waals surface area contributed by atoms with E-state index in [2.05, 4.69) is 16.0 Å². The summed E-state index contributed by atoms with van der Waals surface area (Å²) in [6.07, 6.45) is 0. The van der Waals surface area contributed by atoms with Gasteiger partial charge >= 0.3 is 0 Å². The molecule has 2 rings (SSSR count). The smallest absolute Gasteiger partial charge is 0.255 e. The Morgan fingerprint density at radius 1 is 0.905 bits per heavy atom. The highest BCUT2D eigenvalue weighted by Gasteiger charge is 2.10. The minimum absolute atomic E-state index is 0.233. The molecule has 0 spiro atoms. The first-order valence-corrected chi connectivity index (χ1v) is 6.38. The fourth-order valence-electron chi connectivity index (χ4n) is 1.91. The predicted octanol–water partition coefficient (Wildman–Crippen LogP) is 2.43. The topological polar surface area (TPSA) is 93.6 Å². The normalized spacial score (nSPS) is 10.0. The summed E-state index contributed by atoms with van der Waals surface area (Å²) >= 11 is 0. The number of phenols is 2. The molecule has 21 heavy (non-hydrogen) atoms. The Labute approximate surface area is 122 Å². The molecule has 0 aliphatic carbocycles. The Morgan fingerprint density at radius 3 is 2.24 bits per heavy atom. The first kappa shape index (κ1) is 14.5. The summed E-state index contributed by atoms with van der Waals surface area (Å²) in [7, 11) is 3.57. The Bertz CT molecular complexity index is 671. The van der Waals surface area contributed by atoms with Crippen molar-refractivity contribution in [2.45, 2.75) is 0 Å². The van der Waals surface area contributed by atoms with Crippen LogP contribution < -0.4 is 16.0 Å². The van der Waals surface area contributed by atoms with Crippen LogP contribution in [0.4, 0.5) is 17.1 Å². The standard InChI is InChI=1S/C15H17N3O3/c1-16-11-5-3-9(7-12(11)17-2)15(21)18-10-4-6-13(19)14(20)8-10/h3-8,16-17,19-20H,1-2H3,(H,18,21). The van der Waals surface area contributed by atoms with Crippen LogP contribution in [-0.4, -0.2) is 30.2 Å². The molecule has 6 heteroatoms. The van der Waals surface area contributed by atoms with Gasteiger partial charge in [-0.05, 0) is 30.3 Å². The van der Waals surface area contributed by atoms with Crippen molar-refractivity contribution in [3.05, 3.63) is 42.0 Å². The molecule has 2 aromatic carbocycles. The van der Waals surface area contributed by atoms with E-state index in [-0.39, 0.29) is 17.4 Å². The van der Waals surface area contributed by atoms with Gasteiger partial charge in [-0.3, -0.25) is 4.79 Å². The molecule has 0 saturated heterocycles. The van der Waals surface area contributed by atoms with Gasteiger partial charge in [-0.15, -0.1) is 0 Å². The monoisotopic (exact) mass is 287 g/mol. The molecule has 0 saturated carbocycles. The van der Waals surface area contributed by atoms with Gasteiger partial charge in [-0.2, -0.15) is 0 Å². The van der Waals surface area contributed by atoms with Crippen LogP contribution in [0.2, 0.25) is 0 Å². The number of amides is 1. The van der Waals surface area contributed by atoms with Gasteiger partial charge in [0.15, 0.2) is 11.5 Å². The molecule has 0 bridgehead atoms.